The number of ether oxygens (including phenoxy) is 1. The topological polar surface area (TPSA) is 67.4 Å². The zero-order valence-electron chi connectivity index (χ0n) is 11.3. The molecule has 1 amide bonds. The van der Waals surface area contributed by atoms with Crippen molar-refractivity contribution < 1.29 is 13.9 Å². The number of halogens is 1. The maximum absolute atomic E-state index is 14.4. The van der Waals surface area contributed by atoms with Gasteiger partial charge in [-0.25, -0.2) is 14.4 Å². The molecule has 0 radical (unpaired) electrons. The lowest BCUT2D eigenvalue weighted by Crippen LogP contribution is -2.47. The number of carbonyl (C=O) groups is 1. The molecule has 2 rings (SSSR count). The fourth-order valence-electron chi connectivity index (χ4n) is 2.12. The number of nitrogens with one attached hydrogen (secondary N) is 1. The number of aromatic nitrogens is 2. The van der Waals surface area contributed by atoms with Gasteiger partial charge in [0.15, 0.2) is 5.75 Å². The Kier molecular flexibility index (Phi) is 5.23. The van der Waals surface area contributed by atoms with E-state index in [4.69, 9.17) is 4.74 Å². The van der Waals surface area contributed by atoms with Gasteiger partial charge in [-0.2, -0.15) is 0 Å². The Balaban J connectivity index is 1.60. The Labute approximate surface area is 117 Å². The highest BCUT2D eigenvalue weighted by Gasteiger charge is 2.33. The monoisotopic (exact) mass is 282 g/mol. The molecule has 1 fully saturated rings. The lowest BCUT2D eigenvalue weighted by molar-refractivity contribution is -0.120. The van der Waals surface area contributed by atoms with Gasteiger partial charge in [-0.3, -0.25) is 4.79 Å². The lowest BCUT2D eigenvalue weighted by Gasteiger charge is -2.34. The van der Waals surface area contributed by atoms with Gasteiger partial charge in [-0.1, -0.05) is 0 Å². The van der Waals surface area contributed by atoms with E-state index in [1.54, 1.807) is 17.3 Å². The van der Waals surface area contributed by atoms with Crippen molar-refractivity contribution in [2.75, 3.05) is 32.8 Å². The SMILES string of the molecule is O=CN1CCC(F)(CNCCOc2cncnc2)CC1. The first-order valence-corrected chi connectivity index (χ1v) is 6.69. The van der Waals surface area contributed by atoms with Crippen molar-refractivity contribution >= 4 is 6.41 Å². The first-order valence-electron chi connectivity index (χ1n) is 6.69. The molecule has 1 aliphatic heterocycles. The number of likely N-dealkylation sites (tertiary alicyclic amines) is 1. The maximum Gasteiger partial charge on any atom is 0.209 e. The van der Waals surface area contributed by atoms with Crippen molar-refractivity contribution in [3.8, 4) is 5.75 Å². The van der Waals surface area contributed by atoms with E-state index in [-0.39, 0.29) is 6.54 Å². The first kappa shape index (κ1) is 14.6. The highest BCUT2D eigenvalue weighted by molar-refractivity contribution is 5.47. The quantitative estimate of drug-likeness (QED) is 0.579. The van der Waals surface area contributed by atoms with E-state index < -0.39 is 5.67 Å². The molecule has 1 aromatic rings. The van der Waals surface area contributed by atoms with Crippen LogP contribution in [0.4, 0.5) is 4.39 Å². The molecule has 1 N–H and O–H groups in total. The van der Waals surface area contributed by atoms with Crippen molar-refractivity contribution in [2.45, 2.75) is 18.5 Å². The maximum atomic E-state index is 14.4. The zero-order chi connectivity index (χ0) is 14.3. The summed E-state index contributed by atoms with van der Waals surface area (Å²) < 4.78 is 19.8. The van der Waals surface area contributed by atoms with Gasteiger partial charge in [-0.05, 0) is 0 Å². The van der Waals surface area contributed by atoms with Crippen LogP contribution in [-0.4, -0.2) is 59.7 Å². The van der Waals surface area contributed by atoms with E-state index in [1.807, 2.05) is 0 Å². The van der Waals surface area contributed by atoms with Gasteiger partial charge in [-0.15, -0.1) is 0 Å². The van der Waals surface area contributed by atoms with E-state index in [9.17, 15) is 9.18 Å². The molecule has 20 heavy (non-hydrogen) atoms. The minimum Gasteiger partial charge on any atom is -0.489 e. The number of hydrogen-bond donors (Lipinski definition) is 1. The number of carbonyl (C=O) groups excluding carboxylic acids is 1. The highest BCUT2D eigenvalue weighted by atomic mass is 19.1. The van der Waals surface area contributed by atoms with Crippen molar-refractivity contribution in [1.29, 1.82) is 0 Å². The second-order valence-corrected chi connectivity index (χ2v) is 4.89. The molecule has 110 valence electrons. The van der Waals surface area contributed by atoms with Crippen LogP contribution in [0.5, 0.6) is 5.75 Å². The predicted octanol–water partition coefficient (Wildman–Crippen LogP) is 0.405. The molecule has 1 aliphatic rings. The third kappa shape index (κ3) is 4.41. The number of alkyl halides is 1. The van der Waals surface area contributed by atoms with Crippen molar-refractivity contribution in [1.82, 2.24) is 20.2 Å². The van der Waals surface area contributed by atoms with Gasteiger partial charge in [0.1, 0.15) is 18.6 Å². The average molecular weight is 282 g/mol. The van der Waals surface area contributed by atoms with Gasteiger partial charge in [0.25, 0.3) is 0 Å². The van der Waals surface area contributed by atoms with Crippen molar-refractivity contribution in [2.24, 2.45) is 0 Å². The minimum absolute atomic E-state index is 0.286. The second kappa shape index (κ2) is 7.14. The number of amides is 1. The molecule has 1 saturated heterocycles. The molecular weight excluding hydrogens is 263 g/mol. The highest BCUT2D eigenvalue weighted by Crippen LogP contribution is 2.25. The van der Waals surface area contributed by atoms with Gasteiger partial charge in [0, 0.05) is 39.0 Å². The third-order valence-electron chi connectivity index (χ3n) is 3.37. The van der Waals surface area contributed by atoms with Crippen LogP contribution < -0.4 is 10.1 Å². The van der Waals surface area contributed by atoms with Crippen LogP contribution in [0.25, 0.3) is 0 Å². The van der Waals surface area contributed by atoms with Crippen LogP contribution in [0.1, 0.15) is 12.8 Å². The molecule has 6 nitrogen and oxygen atoms in total. The normalized spacial score (nSPS) is 17.8. The van der Waals surface area contributed by atoms with E-state index in [0.29, 0.717) is 44.8 Å². The Hall–Kier alpha value is -1.76. The summed E-state index contributed by atoms with van der Waals surface area (Å²) in [6, 6.07) is 0. The van der Waals surface area contributed by atoms with Crippen LogP contribution in [0, 0.1) is 0 Å². The Morgan fingerprint density at radius 1 is 1.40 bits per heavy atom. The number of rotatable bonds is 7. The van der Waals surface area contributed by atoms with Gasteiger partial charge in [0.05, 0.1) is 12.4 Å². The van der Waals surface area contributed by atoms with Gasteiger partial charge in [0.2, 0.25) is 6.41 Å². The summed E-state index contributed by atoms with van der Waals surface area (Å²) in [7, 11) is 0. The van der Waals surface area contributed by atoms with Crippen LogP contribution >= 0.6 is 0 Å². The summed E-state index contributed by atoms with van der Waals surface area (Å²) in [5.41, 5.74) is -1.23. The van der Waals surface area contributed by atoms with Gasteiger partial charge >= 0.3 is 0 Å². The molecule has 0 unspecified atom stereocenters. The van der Waals surface area contributed by atoms with E-state index >= 15 is 0 Å². The lowest BCUT2D eigenvalue weighted by atomic mass is 9.93. The Morgan fingerprint density at radius 2 is 2.10 bits per heavy atom. The molecule has 7 heteroatoms. The van der Waals surface area contributed by atoms with Crippen LogP contribution in [0.3, 0.4) is 0 Å². The smallest absolute Gasteiger partial charge is 0.209 e. The largest absolute Gasteiger partial charge is 0.489 e. The summed E-state index contributed by atoms with van der Waals surface area (Å²) in [4.78, 5) is 19.8. The Morgan fingerprint density at radius 3 is 2.75 bits per heavy atom. The molecule has 1 aromatic heterocycles. The molecule has 0 saturated carbocycles. The van der Waals surface area contributed by atoms with Gasteiger partial charge < -0.3 is 15.0 Å². The summed E-state index contributed by atoms with van der Waals surface area (Å²) in [6.45, 7) is 2.25. The molecular formula is C13H19FN4O2. The fraction of sp³-hybridized carbons (Fsp3) is 0.615. The number of nitrogens with zero attached hydrogens (tertiary/aromatic N) is 3. The van der Waals surface area contributed by atoms with Crippen LogP contribution in [0.15, 0.2) is 18.7 Å². The number of piperidine rings is 1. The van der Waals surface area contributed by atoms with E-state index in [1.165, 1.54) is 6.33 Å². The molecule has 2 heterocycles. The van der Waals surface area contributed by atoms with Crippen molar-refractivity contribution in [3.05, 3.63) is 18.7 Å². The van der Waals surface area contributed by atoms with Crippen molar-refractivity contribution in [3.63, 3.8) is 0 Å². The predicted molar refractivity (Wildman–Crippen MR) is 71.1 cm³/mol. The summed E-state index contributed by atoms with van der Waals surface area (Å²) in [5.74, 6) is 0.601. The van der Waals surface area contributed by atoms with E-state index in [2.05, 4.69) is 15.3 Å². The minimum atomic E-state index is -1.23. The zero-order valence-corrected chi connectivity index (χ0v) is 11.3. The Bertz CT molecular complexity index is 410. The number of hydrogen-bond acceptors (Lipinski definition) is 5. The van der Waals surface area contributed by atoms with E-state index in [0.717, 1.165) is 6.41 Å². The summed E-state index contributed by atoms with van der Waals surface area (Å²) in [6.07, 6.45) is 6.14. The van der Waals surface area contributed by atoms with Crippen LogP contribution in [0.2, 0.25) is 0 Å². The first-order chi connectivity index (χ1) is 9.72. The molecule has 0 aromatic carbocycles. The molecule has 0 bridgehead atoms. The molecule has 0 atom stereocenters. The van der Waals surface area contributed by atoms with Crippen LogP contribution in [-0.2, 0) is 4.79 Å². The third-order valence-corrected chi connectivity index (χ3v) is 3.37. The fourth-order valence-corrected chi connectivity index (χ4v) is 2.12. The summed E-state index contributed by atoms with van der Waals surface area (Å²) in [5, 5.41) is 3.05. The second-order valence-electron chi connectivity index (χ2n) is 4.89. The average Bonchev–Trinajstić information content (AvgIpc) is 2.49. The standard InChI is InChI=1S/C13H19FN4O2/c14-13(1-4-18(11-19)5-2-13)9-15-3-6-20-12-7-16-10-17-8-12/h7-8,10-11,15H,1-6,9H2. The molecule has 0 aliphatic carbocycles. The molecule has 0 spiro atoms. The summed E-state index contributed by atoms with van der Waals surface area (Å²) >= 11 is 0.